The Balaban J connectivity index is 1.91. The molecule has 0 N–H and O–H groups in total. The number of benzene rings is 3. The molecule has 0 spiro atoms. The number of anilines is 1. The van der Waals surface area contributed by atoms with Crippen molar-refractivity contribution in [3.05, 3.63) is 101 Å². The van der Waals surface area contributed by atoms with E-state index in [0.717, 1.165) is 0 Å². The lowest BCUT2D eigenvalue weighted by Crippen LogP contribution is -2.09. The fourth-order valence-electron chi connectivity index (χ4n) is 3.52. The third kappa shape index (κ3) is 2.52. The van der Waals surface area contributed by atoms with Crippen LogP contribution in [0.3, 0.4) is 0 Å². The molecule has 3 aromatic rings. The van der Waals surface area contributed by atoms with Crippen LogP contribution in [0, 0.1) is 0 Å². The second-order valence-electron chi connectivity index (χ2n) is 6.51. The lowest BCUT2D eigenvalue weighted by molar-refractivity contribution is 0.971. The lowest BCUT2D eigenvalue weighted by atomic mass is 9.82. The van der Waals surface area contributed by atoms with Crippen molar-refractivity contribution in [2.24, 2.45) is 0 Å². The molecule has 4 rings (SSSR count). The molecule has 0 fully saturated rings. The van der Waals surface area contributed by atoms with Gasteiger partial charge in [-0.05, 0) is 39.9 Å². The van der Waals surface area contributed by atoms with Crippen LogP contribution in [-0.2, 0) is 0 Å². The zero-order valence-electron chi connectivity index (χ0n) is 14.1. The molecule has 0 amide bonds. The van der Waals surface area contributed by atoms with Gasteiger partial charge in [0.25, 0.3) is 0 Å². The van der Waals surface area contributed by atoms with Gasteiger partial charge in [0.15, 0.2) is 0 Å². The van der Waals surface area contributed by atoms with Crippen LogP contribution < -0.4 is 4.90 Å². The Morgan fingerprint density at radius 1 is 0.625 bits per heavy atom. The van der Waals surface area contributed by atoms with Crippen molar-refractivity contribution in [3.8, 4) is 0 Å². The van der Waals surface area contributed by atoms with Crippen LogP contribution in [0.4, 0.5) is 5.69 Å². The van der Waals surface area contributed by atoms with Gasteiger partial charge in [0.2, 0.25) is 0 Å². The molecular weight excluding hydrogens is 290 g/mol. The second-order valence-corrected chi connectivity index (χ2v) is 6.51. The highest BCUT2D eigenvalue weighted by Crippen LogP contribution is 2.39. The van der Waals surface area contributed by atoms with Gasteiger partial charge in [-0.15, -0.1) is 0 Å². The Morgan fingerprint density at radius 3 is 1.62 bits per heavy atom. The largest absolute Gasteiger partial charge is 0.378 e. The first kappa shape index (κ1) is 14.8. The van der Waals surface area contributed by atoms with E-state index in [1.807, 2.05) is 0 Å². The van der Waals surface area contributed by atoms with E-state index in [9.17, 15) is 0 Å². The fourth-order valence-corrected chi connectivity index (χ4v) is 3.52. The highest BCUT2D eigenvalue weighted by atomic mass is 15.1. The molecule has 1 nitrogen and oxygen atoms in total. The third-order valence-corrected chi connectivity index (χ3v) is 4.80. The number of nitrogens with zero attached hydrogens (tertiary/aromatic N) is 1. The molecule has 0 saturated heterocycles. The maximum absolute atomic E-state index is 2.26. The smallest absolute Gasteiger partial charge is 0.0361 e. The minimum atomic E-state index is 0.267. The summed E-state index contributed by atoms with van der Waals surface area (Å²) in [5.74, 6) is 0.267. The molecule has 0 heterocycles. The van der Waals surface area contributed by atoms with Crippen molar-refractivity contribution in [3.63, 3.8) is 0 Å². The normalized spacial score (nSPS) is 13.1. The molecule has 3 aromatic carbocycles. The first-order valence-corrected chi connectivity index (χ1v) is 8.37. The van der Waals surface area contributed by atoms with Crippen LogP contribution >= 0.6 is 0 Å². The molecule has 1 aliphatic rings. The van der Waals surface area contributed by atoms with Gasteiger partial charge in [-0.2, -0.15) is 0 Å². The highest BCUT2D eigenvalue weighted by Gasteiger charge is 2.22. The molecular formula is C23H21N. The van der Waals surface area contributed by atoms with Gasteiger partial charge in [0.05, 0.1) is 0 Å². The second kappa shape index (κ2) is 6.01. The van der Waals surface area contributed by atoms with Gasteiger partial charge in [-0.25, -0.2) is 0 Å². The standard InChI is InChI=1S/C23H21N/c1-24(2)20-15-13-19(14-16-20)23-21-9-5-3-7-17(21)11-12-18-8-4-6-10-22(18)23/h3-16,23H,1-2H3. The van der Waals surface area contributed by atoms with Crippen LogP contribution in [0.15, 0.2) is 72.8 Å². The van der Waals surface area contributed by atoms with E-state index in [4.69, 9.17) is 0 Å². The minimum Gasteiger partial charge on any atom is -0.378 e. The summed E-state index contributed by atoms with van der Waals surface area (Å²) in [7, 11) is 4.16. The number of hydrogen-bond acceptors (Lipinski definition) is 1. The van der Waals surface area contributed by atoms with E-state index in [0.29, 0.717) is 0 Å². The zero-order valence-corrected chi connectivity index (χ0v) is 14.1. The van der Waals surface area contributed by atoms with Crippen molar-refractivity contribution >= 4 is 17.8 Å². The van der Waals surface area contributed by atoms with Crippen molar-refractivity contribution in [2.45, 2.75) is 5.92 Å². The lowest BCUT2D eigenvalue weighted by Gasteiger charge is -2.22. The van der Waals surface area contributed by atoms with Crippen LogP contribution in [-0.4, -0.2) is 14.1 Å². The van der Waals surface area contributed by atoms with Crippen LogP contribution in [0.5, 0.6) is 0 Å². The van der Waals surface area contributed by atoms with Crippen molar-refractivity contribution in [2.75, 3.05) is 19.0 Å². The minimum absolute atomic E-state index is 0.267. The molecule has 1 aliphatic carbocycles. The molecule has 0 radical (unpaired) electrons. The maximum atomic E-state index is 2.26. The quantitative estimate of drug-likeness (QED) is 0.478. The molecule has 1 heteroatoms. The topological polar surface area (TPSA) is 3.24 Å². The van der Waals surface area contributed by atoms with E-state index in [1.165, 1.54) is 33.5 Å². The van der Waals surface area contributed by atoms with Crippen LogP contribution in [0.2, 0.25) is 0 Å². The summed E-state index contributed by atoms with van der Waals surface area (Å²) >= 11 is 0. The summed E-state index contributed by atoms with van der Waals surface area (Å²) in [4.78, 5) is 2.14. The third-order valence-electron chi connectivity index (χ3n) is 4.80. The van der Waals surface area contributed by atoms with Gasteiger partial charge in [-0.3, -0.25) is 0 Å². The van der Waals surface area contributed by atoms with E-state index in [-0.39, 0.29) is 5.92 Å². The Bertz CT molecular complexity index is 838. The molecule has 0 bridgehead atoms. The Labute approximate surface area is 143 Å². The van der Waals surface area contributed by atoms with Gasteiger partial charge in [0.1, 0.15) is 0 Å². The highest BCUT2D eigenvalue weighted by molar-refractivity contribution is 5.77. The Hall–Kier alpha value is -2.80. The first-order chi connectivity index (χ1) is 11.7. The monoisotopic (exact) mass is 311 g/mol. The summed E-state index contributed by atoms with van der Waals surface area (Å²) in [5, 5.41) is 0. The Morgan fingerprint density at radius 2 is 1.12 bits per heavy atom. The number of rotatable bonds is 2. The average Bonchev–Trinajstić information content (AvgIpc) is 2.79. The molecule has 0 unspecified atom stereocenters. The van der Waals surface area contributed by atoms with Crippen LogP contribution in [0.1, 0.15) is 33.7 Å². The molecule has 0 aliphatic heterocycles. The summed E-state index contributed by atoms with van der Waals surface area (Å²) in [5.41, 5.74) is 7.91. The number of fused-ring (bicyclic) bond motifs is 2. The van der Waals surface area contributed by atoms with Gasteiger partial charge >= 0.3 is 0 Å². The van der Waals surface area contributed by atoms with Crippen LogP contribution in [0.25, 0.3) is 12.2 Å². The summed E-state index contributed by atoms with van der Waals surface area (Å²) in [6, 6.07) is 26.4. The van der Waals surface area contributed by atoms with Crippen molar-refractivity contribution in [1.29, 1.82) is 0 Å². The first-order valence-electron chi connectivity index (χ1n) is 8.37. The molecule has 0 atom stereocenters. The van der Waals surface area contributed by atoms with Crippen molar-refractivity contribution in [1.82, 2.24) is 0 Å². The van der Waals surface area contributed by atoms with Gasteiger partial charge in [0, 0.05) is 25.7 Å². The SMILES string of the molecule is CN(C)c1ccc(C2c3ccccc3C=Cc3ccccc32)cc1. The average molecular weight is 311 g/mol. The van der Waals surface area contributed by atoms with Crippen molar-refractivity contribution < 1.29 is 0 Å². The molecule has 118 valence electrons. The maximum Gasteiger partial charge on any atom is 0.0361 e. The zero-order chi connectivity index (χ0) is 16.5. The predicted molar refractivity (Wildman–Crippen MR) is 104 cm³/mol. The van der Waals surface area contributed by atoms with E-state index < -0.39 is 0 Å². The summed E-state index contributed by atoms with van der Waals surface area (Å²) < 4.78 is 0. The Kier molecular flexibility index (Phi) is 3.70. The van der Waals surface area contributed by atoms with Gasteiger partial charge in [-0.1, -0.05) is 72.8 Å². The van der Waals surface area contributed by atoms with E-state index in [1.54, 1.807) is 0 Å². The molecule has 0 aromatic heterocycles. The van der Waals surface area contributed by atoms with Gasteiger partial charge < -0.3 is 4.90 Å². The molecule has 24 heavy (non-hydrogen) atoms. The fraction of sp³-hybridized carbons (Fsp3) is 0.130. The summed E-state index contributed by atoms with van der Waals surface area (Å²) in [6.07, 6.45) is 4.48. The molecule has 0 saturated carbocycles. The predicted octanol–water partition coefficient (Wildman–Crippen LogP) is 5.42. The van der Waals surface area contributed by atoms with E-state index >= 15 is 0 Å². The summed E-state index contributed by atoms with van der Waals surface area (Å²) in [6.45, 7) is 0. The van der Waals surface area contributed by atoms with E-state index in [2.05, 4.69) is 104 Å². The number of hydrogen-bond donors (Lipinski definition) is 0.